The molecule has 0 bridgehead atoms. The van der Waals surface area contributed by atoms with E-state index in [9.17, 15) is 4.79 Å². The van der Waals surface area contributed by atoms with E-state index in [2.05, 4.69) is 34.3 Å². The smallest absolute Gasteiger partial charge is 0.277 e. The highest BCUT2D eigenvalue weighted by molar-refractivity contribution is 6.05. The Kier molecular flexibility index (Phi) is 6.04. The number of hydrogen-bond donors (Lipinski definition) is 1. The fourth-order valence-corrected chi connectivity index (χ4v) is 3.06. The lowest BCUT2D eigenvalue weighted by Crippen LogP contribution is -2.31. The van der Waals surface area contributed by atoms with Crippen LogP contribution in [0.1, 0.15) is 41.2 Å². The van der Waals surface area contributed by atoms with Crippen molar-refractivity contribution in [3.63, 3.8) is 0 Å². The van der Waals surface area contributed by atoms with Crippen molar-refractivity contribution >= 4 is 23.2 Å². The van der Waals surface area contributed by atoms with Gasteiger partial charge < -0.3 is 10.2 Å². The van der Waals surface area contributed by atoms with E-state index in [1.54, 1.807) is 11.0 Å². The maximum atomic E-state index is 13.1. The first-order valence-corrected chi connectivity index (χ1v) is 9.60. The molecular formula is C23H26N4O. The normalized spacial score (nSPS) is 10.6. The maximum Gasteiger partial charge on any atom is 0.277 e. The van der Waals surface area contributed by atoms with Crippen LogP contribution in [0.4, 0.5) is 17.3 Å². The highest BCUT2D eigenvalue weighted by Crippen LogP contribution is 2.20. The topological polar surface area (TPSA) is 58.1 Å². The molecule has 0 unspecified atom stereocenters. The van der Waals surface area contributed by atoms with Crippen molar-refractivity contribution in [3.8, 4) is 0 Å². The summed E-state index contributed by atoms with van der Waals surface area (Å²) in [6, 6.07) is 17.8. The number of rotatable bonds is 6. The zero-order valence-electron chi connectivity index (χ0n) is 16.9. The van der Waals surface area contributed by atoms with Crippen LogP contribution in [0.15, 0.2) is 54.6 Å². The third kappa shape index (κ3) is 4.55. The molecular weight excluding hydrogens is 348 g/mol. The first-order chi connectivity index (χ1) is 13.5. The van der Waals surface area contributed by atoms with Crippen molar-refractivity contribution in [1.82, 2.24) is 9.97 Å². The molecule has 0 aliphatic heterocycles. The number of nitrogens with zero attached hydrogens (tertiary/aromatic N) is 3. The van der Waals surface area contributed by atoms with Gasteiger partial charge in [-0.2, -0.15) is 0 Å². The summed E-state index contributed by atoms with van der Waals surface area (Å²) >= 11 is 0. The molecule has 3 rings (SSSR count). The van der Waals surface area contributed by atoms with Crippen molar-refractivity contribution in [3.05, 3.63) is 77.1 Å². The highest BCUT2D eigenvalue weighted by atomic mass is 16.2. The Bertz CT molecular complexity index is 967. The first kappa shape index (κ1) is 19.5. The minimum Gasteiger partial charge on any atom is -0.324 e. The molecule has 0 spiro atoms. The van der Waals surface area contributed by atoms with Crippen LogP contribution in [-0.4, -0.2) is 22.4 Å². The standard InChI is InChI=1S/C23H26N4O/c1-5-18-10-12-19(13-11-18)25-23-24-17(4)15-21(26-23)22(28)27(6-2)20-9-7-8-16(3)14-20/h7-15H,5-6H2,1-4H3,(H,24,25,26). The van der Waals surface area contributed by atoms with Gasteiger partial charge in [-0.05, 0) is 68.7 Å². The van der Waals surface area contributed by atoms with Gasteiger partial charge in [-0.3, -0.25) is 4.79 Å². The van der Waals surface area contributed by atoms with E-state index in [0.29, 0.717) is 18.2 Å². The Morgan fingerprint density at radius 2 is 1.75 bits per heavy atom. The quantitative estimate of drug-likeness (QED) is 0.655. The van der Waals surface area contributed by atoms with Gasteiger partial charge in [0.2, 0.25) is 5.95 Å². The predicted molar refractivity (Wildman–Crippen MR) is 114 cm³/mol. The second-order valence-corrected chi connectivity index (χ2v) is 6.78. The van der Waals surface area contributed by atoms with Gasteiger partial charge in [0, 0.05) is 23.6 Å². The Balaban J connectivity index is 1.87. The zero-order valence-corrected chi connectivity index (χ0v) is 16.9. The molecule has 5 nitrogen and oxygen atoms in total. The first-order valence-electron chi connectivity index (χ1n) is 9.60. The molecule has 2 aromatic carbocycles. The molecule has 0 atom stereocenters. The van der Waals surface area contributed by atoms with E-state index in [1.165, 1.54) is 5.56 Å². The number of anilines is 3. The number of carbonyl (C=O) groups is 1. The summed E-state index contributed by atoms with van der Waals surface area (Å²) in [7, 11) is 0. The summed E-state index contributed by atoms with van der Waals surface area (Å²) in [6.45, 7) is 8.53. The van der Waals surface area contributed by atoms with Crippen LogP contribution in [-0.2, 0) is 6.42 Å². The van der Waals surface area contributed by atoms with Gasteiger partial charge in [0.1, 0.15) is 5.69 Å². The van der Waals surface area contributed by atoms with Crippen LogP contribution in [0.3, 0.4) is 0 Å². The van der Waals surface area contributed by atoms with E-state index < -0.39 is 0 Å². The molecule has 1 N–H and O–H groups in total. The van der Waals surface area contributed by atoms with Gasteiger partial charge in [-0.1, -0.05) is 31.2 Å². The number of nitrogens with one attached hydrogen (secondary N) is 1. The predicted octanol–water partition coefficient (Wildman–Crippen LogP) is 5.07. The van der Waals surface area contributed by atoms with Crippen LogP contribution in [0.25, 0.3) is 0 Å². The van der Waals surface area contributed by atoms with Crippen LogP contribution in [0, 0.1) is 13.8 Å². The Morgan fingerprint density at radius 1 is 1.00 bits per heavy atom. The lowest BCUT2D eigenvalue weighted by Gasteiger charge is -2.21. The summed E-state index contributed by atoms with van der Waals surface area (Å²) in [6.07, 6.45) is 0.992. The third-order valence-corrected chi connectivity index (χ3v) is 4.57. The second kappa shape index (κ2) is 8.65. The Morgan fingerprint density at radius 3 is 2.39 bits per heavy atom. The van der Waals surface area contributed by atoms with Crippen molar-refractivity contribution < 1.29 is 4.79 Å². The number of aryl methyl sites for hydroxylation is 3. The zero-order chi connectivity index (χ0) is 20.1. The van der Waals surface area contributed by atoms with E-state index >= 15 is 0 Å². The van der Waals surface area contributed by atoms with Gasteiger partial charge in [0.05, 0.1) is 0 Å². The lowest BCUT2D eigenvalue weighted by molar-refractivity contribution is 0.0983. The largest absolute Gasteiger partial charge is 0.324 e. The number of aromatic nitrogens is 2. The molecule has 0 saturated carbocycles. The third-order valence-electron chi connectivity index (χ3n) is 4.57. The van der Waals surface area contributed by atoms with Gasteiger partial charge in [0.25, 0.3) is 5.91 Å². The van der Waals surface area contributed by atoms with Crippen LogP contribution in [0.2, 0.25) is 0 Å². The molecule has 0 aliphatic rings. The molecule has 0 saturated heterocycles. The number of hydrogen-bond acceptors (Lipinski definition) is 4. The summed E-state index contributed by atoms with van der Waals surface area (Å²) in [5.74, 6) is 0.288. The molecule has 1 amide bonds. The van der Waals surface area contributed by atoms with Crippen molar-refractivity contribution in [2.45, 2.75) is 34.1 Å². The molecule has 3 aromatic rings. The minimum absolute atomic E-state index is 0.136. The molecule has 28 heavy (non-hydrogen) atoms. The van der Waals surface area contributed by atoms with Gasteiger partial charge in [-0.25, -0.2) is 9.97 Å². The minimum atomic E-state index is -0.136. The molecule has 1 aromatic heterocycles. The monoisotopic (exact) mass is 374 g/mol. The van der Waals surface area contributed by atoms with E-state index in [4.69, 9.17) is 0 Å². The molecule has 0 aliphatic carbocycles. The molecule has 5 heteroatoms. The summed E-state index contributed by atoms with van der Waals surface area (Å²) < 4.78 is 0. The fourth-order valence-electron chi connectivity index (χ4n) is 3.06. The van der Waals surface area contributed by atoms with Crippen molar-refractivity contribution in [2.75, 3.05) is 16.8 Å². The Hall–Kier alpha value is -3.21. The van der Waals surface area contributed by atoms with Crippen LogP contribution in [0.5, 0.6) is 0 Å². The molecule has 0 radical (unpaired) electrons. The van der Waals surface area contributed by atoms with Crippen molar-refractivity contribution in [2.24, 2.45) is 0 Å². The molecule has 0 fully saturated rings. The average Bonchev–Trinajstić information content (AvgIpc) is 2.69. The number of carbonyl (C=O) groups excluding carboxylic acids is 1. The van der Waals surface area contributed by atoms with E-state index in [0.717, 1.165) is 29.1 Å². The maximum absolute atomic E-state index is 13.1. The van der Waals surface area contributed by atoms with Gasteiger partial charge in [0.15, 0.2) is 0 Å². The average molecular weight is 374 g/mol. The molecule has 1 heterocycles. The van der Waals surface area contributed by atoms with Gasteiger partial charge in [-0.15, -0.1) is 0 Å². The van der Waals surface area contributed by atoms with E-state index in [1.807, 2.05) is 57.2 Å². The lowest BCUT2D eigenvalue weighted by atomic mass is 10.1. The van der Waals surface area contributed by atoms with Crippen LogP contribution >= 0.6 is 0 Å². The highest BCUT2D eigenvalue weighted by Gasteiger charge is 2.19. The Labute approximate surface area is 166 Å². The van der Waals surface area contributed by atoms with Crippen molar-refractivity contribution in [1.29, 1.82) is 0 Å². The van der Waals surface area contributed by atoms with Crippen LogP contribution < -0.4 is 10.2 Å². The van der Waals surface area contributed by atoms with Gasteiger partial charge >= 0.3 is 0 Å². The second-order valence-electron chi connectivity index (χ2n) is 6.78. The summed E-state index contributed by atoms with van der Waals surface area (Å²) in [5.41, 5.74) is 5.26. The molecule has 144 valence electrons. The number of benzene rings is 2. The van der Waals surface area contributed by atoms with E-state index in [-0.39, 0.29) is 5.91 Å². The summed E-state index contributed by atoms with van der Waals surface area (Å²) in [4.78, 5) is 23.8. The summed E-state index contributed by atoms with van der Waals surface area (Å²) in [5, 5.41) is 3.20. The fraction of sp³-hybridized carbons (Fsp3) is 0.261. The SMILES string of the molecule is CCc1ccc(Nc2nc(C)cc(C(=O)N(CC)c3cccc(C)c3)n2)cc1. The number of amides is 1.